The molecule has 0 aromatic heterocycles. The van der Waals surface area contributed by atoms with Crippen molar-refractivity contribution in [2.75, 3.05) is 4.90 Å². The Balaban J connectivity index is 1.81. The van der Waals surface area contributed by atoms with Gasteiger partial charge in [-0.25, -0.2) is 4.99 Å². The molecule has 1 atom stereocenters. The number of rotatable bonds is 4. The molecule has 1 aliphatic heterocycles. The molecule has 31 heavy (non-hydrogen) atoms. The van der Waals surface area contributed by atoms with Gasteiger partial charge in [-0.1, -0.05) is 64.5 Å². The average molecular weight is 476 g/mol. The number of hydrogen-bond donors (Lipinski definition) is 1. The second kappa shape index (κ2) is 8.86. The highest BCUT2D eigenvalue weighted by Crippen LogP contribution is 2.29. The van der Waals surface area contributed by atoms with Crippen molar-refractivity contribution in [3.8, 4) is 0 Å². The predicted molar refractivity (Wildman–Crippen MR) is 127 cm³/mol. The van der Waals surface area contributed by atoms with Crippen LogP contribution in [0.5, 0.6) is 0 Å². The number of halogens is 1. The van der Waals surface area contributed by atoms with E-state index in [2.05, 4.69) is 21.2 Å². The van der Waals surface area contributed by atoms with E-state index in [0.29, 0.717) is 11.3 Å². The van der Waals surface area contributed by atoms with Crippen LogP contribution in [-0.4, -0.2) is 29.7 Å². The minimum Gasteiger partial charge on any atom is -0.322 e. The summed E-state index contributed by atoms with van der Waals surface area (Å²) in [5.41, 5.74) is 3.66. The number of benzene rings is 3. The Kier molecular flexibility index (Phi) is 6.00. The lowest BCUT2D eigenvalue weighted by Gasteiger charge is -2.29. The van der Waals surface area contributed by atoms with Gasteiger partial charge in [-0.15, -0.1) is 0 Å². The van der Waals surface area contributed by atoms with E-state index >= 15 is 0 Å². The van der Waals surface area contributed by atoms with Gasteiger partial charge in [0.25, 0.3) is 11.8 Å². The van der Waals surface area contributed by atoms with E-state index in [9.17, 15) is 9.59 Å². The summed E-state index contributed by atoms with van der Waals surface area (Å²) in [6, 6.07) is 24.3. The predicted octanol–water partition coefficient (Wildman–Crippen LogP) is 4.80. The highest BCUT2D eigenvalue weighted by Gasteiger charge is 2.34. The van der Waals surface area contributed by atoms with Crippen LogP contribution in [0, 0.1) is 0 Å². The highest BCUT2D eigenvalue weighted by atomic mass is 79.9. The summed E-state index contributed by atoms with van der Waals surface area (Å²) in [6.07, 6.45) is -1.04. The van der Waals surface area contributed by atoms with Gasteiger partial charge in [-0.05, 0) is 44.2 Å². The lowest BCUT2D eigenvalue weighted by molar-refractivity contribution is -0.120. The Morgan fingerprint density at radius 3 is 2.29 bits per heavy atom. The molecule has 1 unspecified atom stereocenters. The zero-order valence-electron chi connectivity index (χ0n) is 17.2. The van der Waals surface area contributed by atoms with Crippen LogP contribution in [0.1, 0.15) is 35.3 Å². The second-order valence-corrected chi connectivity index (χ2v) is 8.46. The minimum absolute atomic E-state index is 0.106. The molecular formula is C25H22BrN3O2. The summed E-state index contributed by atoms with van der Waals surface area (Å²) >= 11 is 3.37. The van der Waals surface area contributed by atoms with Crippen molar-refractivity contribution in [3.05, 3.63) is 100 Å². The van der Waals surface area contributed by atoms with E-state index < -0.39 is 6.17 Å². The van der Waals surface area contributed by atoms with Crippen LogP contribution < -0.4 is 10.2 Å². The third-order valence-electron chi connectivity index (χ3n) is 5.09. The summed E-state index contributed by atoms with van der Waals surface area (Å²) in [6.45, 7) is 3.91. The first-order valence-corrected chi connectivity index (χ1v) is 10.9. The Morgan fingerprint density at radius 2 is 1.61 bits per heavy atom. The molecule has 0 spiro atoms. The number of hydrogen-bond acceptors (Lipinski definition) is 3. The molecule has 3 aromatic rings. The minimum atomic E-state index is -1.04. The third kappa shape index (κ3) is 4.30. The number of nitrogens with zero attached hydrogens (tertiary/aromatic N) is 2. The number of nitrogens with one attached hydrogen (secondary N) is 1. The molecule has 3 aromatic carbocycles. The van der Waals surface area contributed by atoms with Crippen LogP contribution >= 0.6 is 15.9 Å². The van der Waals surface area contributed by atoms with Crippen LogP contribution in [0.2, 0.25) is 0 Å². The van der Waals surface area contributed by atoms with Gasteiger partial charge in [-0.3, -0.25) is 9.59 Å². The molecule has 0 saturated heterocycles. The molecule has 6 heteroatoms. The van der Waals surface area contributed by atoms with Crippen LogP contribution in [0.15, 0.2) is 88.3 Å². The SMILES string of the molecule is CC(C)N1C(=O)C(NC(=O)c2ccc(Br)cc2)N=C(c2ccccc2)c2ccccc21. The quantitative estimate of drug-likeness (QED) is 0.588. The van der Waals surface area contributed by atoms with Crippen molar-refractivity contribution < 1.29 is 9.59 Å². The maximum Gasteiger partial charge on any atom is 0.272 e. The smallest absolute Gasteiger partial charge is 0.272 e. The fraction of sp³-hybridized carbons (Fsp3) is 0.160. The van der Waals surface area contributed by atoms with Gasteiger partial charge in [0.15, 0.2) is 0 Å². The van der Waals surface area contributed by atoms with Crippen molar-refractivity contribution in [2.45, 2.75) is 26.1 Å². The van der Waals surface area contributed by atoms with Gasteiger partial charge in [-0.2, -0.15) is 0 Å². The van der Waals surface area contributed by atoms with Gasteiger partial charge in [0.1, 0.15) is 0 Å². The number of fused-ring (bicyclic) bond motifs is 1. The van der Waals surface area contributed by atoms with Gasteiger partial charge in [0.2, 0.25) is 6.17 Å². The molecule has 0 aliphatic carbocycles. The number of anilines is 1. The summed E-state index contributed by atoms with van der Waals surface area (Å²) < 4.78 is 0.875. The number of aliphatic imine (C=N–C) groups is 1. The fourth-order valence-corrected chi connectivity index (χ4v) is 3.91. The maximum atomic E-state index is 13.5. The Morgan fingerprint density at radius 1 is 0.968 bits per heavy atom. The summed E-state index contributed by atoms with van der Waals surface area (Å²) in [4.78, 5) is 32.9. The first-order chi connectivity index (χ1) is 15.0. The summed E-state index contributed by atoms with van der Waals surface area (Å²) in [5.74, 6) is -0.615. The molecule has 0 bridgehead atoms. The topological polar surface area (TPSA) is 61.8 Å². The van der Waals surface area contributed by atoms with E-state index in [1.807, 2.05) is 68.4 Å². The maximum absolute atomic E-state index is 13.5. The molecule has 1 aliphatic rings. The number of carbonyl (C=O) groups is 2. The van der Waals surface area contributed by atoms with Crippen LogP contribution in [0.25, 0.3) is 0 Å². The van der Waals surface area contributed by atoms with Crippen molar-refractivity contribution in [2.24, 2.45) is 4.99 Å². The van der Waals surface area contributed by atoms with Gasteiger partial charge >= 0.3 is 0 Å². The standard InChI is InChI=1S/C25H22BrN3O2/c1-16(2)29-21-11-7-6-10-20(21)22(17-8-4-3-5-9-17)27-23(25(29)31)28-24(30)18-12-14-19(26)15-13-18/h3-16,23H,1-2H3,(H,28,30). The number of benzodiazepines with no additional fused rings is 1. The van der Waals surface area contributed by atoms with Crippen LogP contribution in [-0.2, 0) is 4.79 Å². The van der Waals surface area contributed by atoms with E-state index in [1.165, 1.54) is 0 Å². The zero-order valence-corrected chi connectivity index (χ0v) is 18.8. The van der Waals surface area contributed by atoms with Crippen molar-refractivity contribution in [3.63, 3.8) is 0 Å². The van der Waals surface area contributed by atoms with Gasteiger partial charge < -0.3 is 10.2 Å². The molecule has 2 amide bonds. The first-order valence-electron chi connectivity index (χ1n) is 10.1. The normalized spacial score (nSPS) is 15.9. The Labute approximate surface area is 189 Å². The van der Waals surface area contributed by atoms with E-state index in [-0.39, 0.29) is 17.9 Å². The average Bonchev–Trinajstić information content (AvgIpc) is 2.89. The molecule has 4 rings (SSSR count). The molecule has 1 heterocycles. The molecule has 5 nitrogen and oxygen atoms in total. The Hall–Kier alpha value is -3.25. The van der Waals surface area contributed by atoms with Crippen LogP contribution in [0.4, 0.5) is 5.69 Å². The lowest BCUT2D eigenvalue weighted by Crippen LogP contribution is -2.49. The highest BCUT2D eigenvalue weighted by molar-refractivity contribution is 9.10. The van der Waals surface area contributed by atoms with Crippen molar-refractivity contribution in [1.82, 2.24) is 5.32 Å². The third-order valence-corrected chi connectivity index (χ3v) is 5.61. The van der Waals surface area contributed by atoms with Gasteiger partial charge in [0, 0.05) is 27.2 Å². The summed E-state index contributed by atoms with van der Waals surface area (Å²) in [5, 5.41) is 2.83. The van der Waals surface area contributed by atoms with Gasteiger partial charge in [0.05, 0.1) is 11.4 Å². The molecule has 0 radical (unpaired) electrons. The lowest BCUT2D eigenvalue weighted by atomic mass is 10.00. The number of amides is 2. The van der Waals surface area contributed by atoms with E-state index in [0.717, 1.165) is 21.3 Å². The molecule has 0 fully saturated rings. The molecular weight excluding hydrogens is 454 g/mol. The van der Waals surface area contributed by atoms with E-state index in [4.69, 9.17) is 4.99 Å². The number of carbonyl (C=O) groups excluding carboxylic acids is 2. The monoisotopic (exact) mass is 475 g/mol. The molecule has 1 N–H and O–H groups in total. The summed E-state index contributed by atoms with van der Waals surface area (Å²) in [7, 11) is 0. The zero-order chi connectivity index (χ0) is 22.0. The van der Waals surface area contributed by atoms with Crippen molar-refractivity contribution in [1.29, 1.82) is 0 Å². The van der Waals surface area contributed by atoms with Crippen LogP contribution in [0.3, 0.4) is 0 Å². The molecule has 0 saturated carbocycles. The van der Waals surface area contributed by atoms with E-state index in [1.54, 1.807) is 29.2 Å². The molecule has 156 valence electrons. The Bertz CT molecular complexity index is 1140. The number of para-hydroxylation sites is 1. The second-order valence-electron chi connectivity index (χ2n) is 7.55. The first kappa shape index (κ1) is 21.0. The largest absolute Gasteiger partial charge is 0.322 e. The fourth-order valence-electron chi connectivity index (χ4n) is 3.65. The van der Waals surface area contributed by atoms with Crippen molar-refractivity contribution >= 4 is 39.1 Å².